The second kappa shape index (κ2) is 6.06. The van der Waals surface area contributed by atoms with Crippen LogP contribution in [-0.2, 0) is 0 Å². The molecule has 0 radical (unpaired) electrons. The predicted molar refractivity (Wildman–Crippen MR) is 93.1 cm³/mol. The zero-order valence-electron chi connectivity index (χ0n) is 14.1. The van der Waals surface area contributed by atoms with Gasteiger partial charge in [0.1, 0.15) is 5.75 Å². The number of hydrogen-bond donors (Lipinski definition) is 0. The molecular formula is C19H23N3O2. The van der Waals surface area contributed by atoms with Crippen LogP contribution >= 0.6 is 0 Å². The maximum Gasteiger partial charge on any atom is 0.415 e. The Morgan fingerprint density at radius 2 is 1.96 bits per heavy atom. The molecule has 2 aliphatic rings. The highest BCUT2D eigenvalue weighted by Crippen LogP contribution is 2.40. The molecule has 0 N–H and O–H groups in total. The van der Waals surface area contributed by atoms with Crippen LogP contribution in [0.1, 0.15) is 19.3 Å². The standard InChI is InChI=1S/C19H23N3O2/c1-21-10-6-19(7-11-21)8-12-22(14-19)18(23)24-16-5-4-15-3-2-9-20-17(15)13-16/h2-5,9,13H,6-8,10-12,14H2,1H3. The summed E-state index contributed by atoms with van der Waals surface area (Å²) in [5.41, 5.74) is 1.15. The van der Waals surface area contributed by atoms with E-state index in [2.05, 4.69) is 16.9 Å². The maximum absolute atomic E-state index is 12.5. The Balaban J connectivity index is 1.42. The first-order chi connectivity index (χ1) is 11.6. The van der Waals surface area contributed by atoms with Crippen LogP contribution in [0.15, 0.2) is 36.5 Å². The van der Waals surface area contributed by atoms with Crippen LogP contribution in [0.3, 0.4) is 0 Å². The third kappa shape index (κ3) is 2.96. The number of ether oxygens (including phenoxy) is 1. The lowest BCUT2D eigenvalue weighted by Crippen LogP contribution is -2.41. The van der Waals surface area contributed by atoms with Gasteiger partial charge < -0.3 is 14.5 Å². The number of likely N-dealkylation sites (tertiary alicyclic amines) is 2. The van der Waals surface area contributed by atoms with Crippen molar-refractivity contribution >= 4 is 17.0 Å². The van der Waals surface area contributed by atoms with Crippen molar-refractivity contribution < 1.29 is 9.53 Å². The van der Waals surface area contributed by atoms with E-state index in [9.17, 15) is 4.79 Å². The normalized spacial score (nSPS) is 20.6. The number of amides is 1. The van der Waals surface area contributed by atoms with Gasteiger partial charge in [-0.2, -0.15) is 0 Å². The molecule has 2 fully saturated rings. The summed E-state index contributed by atoms with van der Waals surface area (Å²) < 4.78 is 5.60. The third-order valence-electron chi connectivity index (χ3n) is 5.53. The fraction of sp³-hybridized carbons (Fsp3) is 0.474. The van der Waals surface area contributed by atoms with E-state index in [0.29, 0.717) is 11.2 Å². The molecule has 1 amide bonds. The van der Waals surface area contributed by atoms with Crippen molar-refractivity contribution in [1.82, 2.24) is 14.8 Å². The third-order valence-corrected chi connectivity index (χ3v) is 5.53. The number of benzene rings is 1. The van der Waals surface area contributed by atoms with Crippen molar-refractivity contribution in [2.45, 2.75) is 19.3 Å². The predicted octanol–water partition coefficient (Wildman–Crippen LogP) is 3.15. The Morgan fingerprint density at radius 3 is 2.79 bits per heavy atom. The molecule has 0 bridgehead atoms. The summed E-state index contributed by atoms with van der Waals surface area (Å²) in [5.74, 6) is 0.565. The van der Waals surface area contributed by atoms with E-state index in [0.717, 1.165) is 43.5 Å². The van der Waals surface area contributed by atoms with Gasteiger partial charge in [-0.25, -0.2) is 4.79 Å². The molecule has 0 aliphatic carbocycles. The molecule has 0 atom stereocenters. The monoisotopic (exact) mass is 325 g/mol. The minimum Gasteiger partial charge on any atom is -0.410 e. The maximum atomic E-state index is 12.5. The summed E-state index contributed by atoms with van der Waals surface area (Å²) >= 11 is 0. The van der Waals surface area contributed by atoms with Gasteiger partial charge in [-0.1, -0.05) is 6.07 Å². The molecule has 1 aromatic heterocycles. The van der Waals surface area contributed by atoms with Crippen molar-refractivity contribution in [3.8, 4) is 5.75 Å². The number of fused-ring (bicyclic) bond motifs is 1. The molecule has 3 heterocycles. The molecule has 2 aliphatic heterocycles. The molecule has 24 heavy (non-hydrogen) atoms. The lowest BCUT2D eigenvalue weighted by Gasteiger charge is -2.37. The van der Waals surface area contributed by atoms with Gasteiger partial charge in [-0.3, -0.25) is 4.98 Å². The Hall–Kier alpha value is -2.14. The van der Waals surface area contributed by atoms with Gasteiger partial charge in [-0.05, 0) is 63.0 Å². The number of aromatic nitrogens is 1. The van der Waals surface area contributed by atoms with Gasteiger partial charge in [0.05, 0.1) is 5.52 Å². The van der Waals surface area contributed by atoms with E-state index in [4.69, 9.17) is 4.74 Å². The van der Waals surface area contributed by atoms with Gasteiger partial charge in [0, 0.05) is 30.7 Å². The first-order valence-corrected chi connectivity index (χ1v) is 8.64. The topological polar surface area (TPSA) is 45.7 Å². The quantitative estimate of drug-likeness (QED) is 0.808. The van der Waals surface area contributed by atoms with Crippen LogP contribution in [-0.4, -0.2) is 54.1 Å². The van der Waals surface area contributed by atoms with Crippen LogP contribution in [0.2, 0.25) is 0 Å². The van der Waals surface area contributed by atoms with Crippen molar-refractivity contribution in [2.24, 2.45) is 5.41 Å². The van der Waals surface area contributed by atoms with Gasteiger partial charge in [0.25, 0.3) is 0 Å². The Bertz CT molecular complexity index is 753. The van der Waals surface area contributed by atoms with Crippen LogP contribution in [0.4, 0.5) is 4.79 Å². The average molecular weight is 325 g/mol. The number of nitrogens with zero attached hydrogens (tertiary/aromatic N) is 3. The van der Waals surface area contributed by atoms with Crippen LogP contribution in [0.25, 0.3) is 10.9 Å². The summed E-state index contributed by atoms with van der Waals surface area (Å²) in [7, 11) is 2.17. The van der Waals surface area contributed by atoms with E-state index in [-0.39, 0.29) is 6.09 Å². The highest BCUT2D eigenvalue weighted by molar-refractivity contribution is 5.81. The van der Waals surface area contributed by atoms with Crippen LogP contribution < -0.4 is 4.74 Å². The second-order valence-electron chi connectivity index (χ2n) is 7.20. The fourth-order valence-electron chi connectivity index (χ4n) is 3.87. The molecule has 0 saturated carbocycles. The van der Waals surface area contributed by atoms with Gasteiger partial charge in [-0.15, -0.1) is 0 Å². The summed E-state index contributed by atoms with van der Waals surface area (Å²) in [6.07, 6.45) is 4.95. The molecule has 1 aromatic carbocycles. The molecule has 126 valence electrons. The molecule has 5 nitrogen and oxygen atoms in total. The fourth-order valence-corrected chi connectivity index (χ4v) is 3.87. The summed E-state index contributed by atoms with van der Waals surface area (Å²) in [4.78, 5) is 21.1. The molecule has 2 saturated heterocycles. The molecule has 2 aromatic rings. The number of pyridine rings is 1. The lowest BCUT2D eigenvalue weighted by atomic mass is 9.78. The molecule has 5 heteroatoms. The number of carbonyl (C=O) groups excluding carboxylic acids is 1. The SMILES string of the molecule is CN1CCC2(CC1)CCN(C(=O)Oc1ccc3cccnc3c1)C2. The largest absolute Gasteiger partial charge is 0.415 e. The number of rotatable bonds is 1. The minimum atomic E-state index is -0.235. The average Bonchev–Trinajstić information content (AvgIpc) is 3.02. The number of piperidine rings is 1. The van der Waals surface area contributed by atoms with Crippen molar-refractivity contribution in [2.75, 3.05) is 33.2 Å². The Morgan fingerprint density at radius 1 is 1.17 bits per heavy atom. The summed E-state index contributed by atoms with van der Waals surface area (Å²) in [6.45, 7) is 3.87. The molecule has 4 rings (SSSR count). The molecule has 0 unspecified atom stereocenters. The van der Waals surface area contributed by atoms with Gasteiger partial charge in [0.15, 0.2) is 0 Å². The first-order valence-electron chi connectivity index (χ1n) is 8.64. The van der Waals surface area contributed by atoms with Crippen LogP contribution in [0.5, 0.6) is 5.75 Å². The van der Waals surface area contributed by atoms with E-state index >= 15 is 0 Å². The highest BCUT2D eigenvalue weighted by atomic mass is 16.6. The molecule has 1 spiro atoms. The molecular weight excluding hydrogens is 302 g/mol. The van der Waals surface area contributed by atoms with E-state index < -0.39 is 0 Å². The highest BCUT2D eigenvalue weighted by Gasteiger charge is 2.42. The van der Waals surface area contributed by atoms with Crippen molar-refractivity contribution in [3.63, 3.8) is 0 Å². The lowest BCUT2D eigenvalue weighted by molar-refractivity contribution is 0.119. The van der Waals surface area contributed by atoms with E-state index in [1.807, 2.05) is 35.2 Å². The van der Waals surface area contributed by atoms with Crippen molar-refractivity contribution in [3.05, 3.63) is 36.5 Å². The van der Waals surface area contributed by atoms with Crippen molar-refractivity contribution in [1.29, 1.82) is 0 Å². The summed E-state index contributed by atoms with van der Waals surface area (Å²) in [6, 6.07) is 9.50. The van der Waals surface area contributed by atoms with E-state index in [1.54, 1.807) is 6.20 Å². The minimum absolute atomic E-state index is 0.235. The number of hydrogen-bond acceptors (Lipinski definition) is 4. The first kappa shape index (κ1) is 15.4. The smallest absolute Gasteiger partial charge is 0.410 e. The van der Waals surface area contributed by atoms with Gasteiger partial charge in [0.2, 0.25) is 0 Å². The van der Waals surface area contributed by atoms with E-state index in [1.165, 1.54) is 12.8 Å². The number of carbonyl (C=O) groups is 1. The van der Waals surface area contributed by atoms with Crippen LogP contribution in [0, 0.1) is 5.41 Å². The zero-order valence-corrected chi connectivity index (χ0v) is 14.1. The Kier molecular flexibility index (Phi) is 3.88. The Labute approximate surface area is 142 Å². The second-order valence-corrected chi connectivity index (χ2v) is 7.20. The van der Waals surface area contributed by atoms with Gasteiger partial charge >= 0.3 is 6.09 Å². The zero-order chi connectivity index (χ0) is 16.6. The summed E-state index contributed by atoms with van der Waals surface area (Å²) in [5, 5.41) is 1.05.